The lowest BCUT2D eigenvalue weighted by Gasteiger charge is -2.51. The average molecular weight is 314 g/mol. The standard InChI is InChI=1S/C20H26O3/c1-20-10-9-15-14-4-2-3-12(11-19(22)23)13(14)5-6-16(15)17(20)7-8-18(20)21/h2,4-6,14-18,21H,3,7-11H2,1H3,(H,22,23)/t14-,15+,16+,17-,18-,20-/m0/s1. The van der Waals surface area contributed by atoms with Crippen LogP contribution in [-0.4, -0.2) is 22.3 Å². The van der Waals surface area contributed by atoms with Gasteiger partial charge in [-0.2, -0.15) is 0 Å². The van der Waals surface area contributed by atoms with Crippen LogP contribution in [0.3, 0.4) is 0 Å². The van der Waals surface area contributed by atoms with E-state index in [0.29, 0.717) is 23.7 Å². The molecule has 2 saturated carbocycles. The molecule has 0 saturated heterocycles. The van der Waals surface area contributed by atoms with Crippen LogP contribution < -0.4 is 0 Å². The van der Waals surface area contributed by atoms with Gasteiger partial charge in [0, 0.05) is 5.92 Å². The fourth-order valence-electron chi connectivity index (χ4n) is 5.88. The number of aliphatic carboxylic acids is 1. The highest BCUT2D eigenvalue weighted by molar-refractivity contribution is 5.71. The minimum absolute atomic E-state index is 0.0784. The van der Waals surface area contributed by atoms with E-state index in [1.807, 2.05) is 0 Å². The Morgan fingerprint density at radius 3 is 2.91 bits per heavy atom. The maximum Gasteiger partial charge on any atom is 0.307 e. The van der Waals surface area contributed by atoms with Gasteiger partial charge in [-0.25, -0.2) is 0 Å². The van der Waals surface area contributed by atoms with Gasteiger partial charge in [-0.1, -0.05) is 36.8 Å². The van der Waals surface area contributed by atoms with Crippen LogP contribution in [0.25, 0.3) is 0 Å². The summed E-state index contributed by atoms with van der Waals surface area (Å²) < 4.78 is 0. The van der Waals surface area contributed by atoms with Crippen molar-refractivity contribution in [2.24, 2.45) is 29.1 Å². The lowest BCUT2D eigenvalue weighted by molar-refractivity contribution is -0.136. The van der Waals surface area contributed by atoms with Crippen molar-refractivity contribution >= 4 is 5.97 Å². The molecule has 3 nitrogen and oxygen atoms in total. The molecule has 0 radical (unpaired) electrons. The van der Waals surface area contributed by atoms with Gasteiger partial charge in [0.05, 0.1) is 12.5 Å². The third-order valence-electron chi connectivity index (χ3n) is 7.13. The van der Waals surface area contributed by atoms with Crippen LogP contribution in [0.5, 0.6) is 0 Å². The summed E-state index contributed by atoms with van der Waals surface area (Å²) in [6.45, 7) is 2.28. The van der Waals surface area contributed by atoms with Crippen LogP contribution in [0.15, 0.2) is 35.5 Å². The zero-order chi connectivity index (χ0) is 16.2. The molecule has 23 heavy (non-hydrogen) atoms. The van der Waals surface area contributed by atoms with Gasteiger partial charge < -0.3 is 10.2 Å². The molecule has 0 aromatic carbocycles. The molecule has 0 heterocycles. The molecule has 2 N–H and O–H groups in total. The molecule has 2 fully saturated rings. The SMILES string of the molecule is C[C@]12CC[C@H]3[C@@H](C=CC4=C(CC(=O)O)CC=C[C@@H]43)[C@@H]1CC[C@@H]2O. The molecule has 124 valence electrons. The Morgan fingerprint density at radius 2 is 2.13 bits per heavy atom. The Hall–Kier alpha value is -1.35. The van der Waals surface area contributed by atoms with Gasteiger partial charge in [-0.05, 0) is 60.8 Å². The summed E-state index contributed by atoms with van der Waals surface area (Å²) >= 11 is 0. The van der Waals surface area contributed by atoms with E-state index in [-0.39, 0.29) is 17.9 Å². The molecule has 0 aromatic heterocycles. The summed E-state index contributed by atoms with van der Waals surface area (Å²) in [7, 11) is 0. The molecule has 0 spiro atoms. The third kappa shape index (κ3) is 2.24. The number of carboxylic acids is 1. The van der Waals surface area contributed by atoms with Gasteiger partial charge in [-0.3, -0.25) is 4.79 Å². The fraction of sp³-hybridized carbons (Fsp3) is 0.650. The number of carboxylic acid groups (broad SMARTS) is 1. The molecule has 0 unspecified atom stereocenters. The Labute approximate surface area is 137 Å². The highest BCUT2D eigenvalue weighted by Crippen LogP contribution is 2.60. The van der Waals surface area contributed by atoms with Gasteiger partial charge in [0.25, 0.3) is 0 Å². The number of fused-ring (bicyclic) bond motifs is 5. The van der Waals surface area contributed by atoms with Crippen molar-refractivity contribution in [3.63, 3.8) is 0 Å². The summed E-state index contributed by atoms with van der Waals surface area (Å²) in [4.78, 5) is 11.1. The molecule has 3 heteroatoms. The molecule has 4 rings (SSSR count). The third-order valence-corrected chi connectivity index (χ3v) is 7.13. The van der Waals surface area contributed by atoms with Crippen molar-refractivity contribution in [2.45, 2.75) is 51.6 Å². The average Bonchev–Trinajstić information content (AvgIpc) is 2.82. The highest BCUT2D eigenvalue weighted by atomic mass is 16.4. The van der Waals surface area contributed by atoms with Crippen LogP contribution in [0.1, 0.15) is 45.4 Å². The van der Waals surface area contributed by atoms with E-state index in [2.05, 4.69) is 31.2 Å². The van der Waals surface area contributed by atoms with E-state index < -0.39 is 5.97 Å². The zero-order valence-electron chi connectivity index (χ0n) is 13.7. The van der Waals surface area contributed by atoms with Crippen molar-refractivity contribution in [1.29, 1.82) is 0 Å². The van der Waals surface area contributed by atoms with Crippen molar-refractivity contribution < 1.29 is 15.0 Å². The smallest absolute Gasteiger partial charge is 0.307 e. The van der Waals surface area contributed by atoms with E-state index >= 15 is 0 Å². The van der Waals surface area contributed by atoms with Gasteiger partial charge in [0.15, 0.2) is 0 Å². The first kappa shape index (κ1) is 15.2. The van der Waals surface area contributed by atoms with Gasteiger partial charge in [-0.15, -0.1) is 0 Å². The summed E-state index contributed by atoms with van der Waals surface area (Å²) in [5, 5.41) is 19.6. The molecule has 4 aliphatic carbocycles. The molecular weight excluding hydrogens is 288 g/mol. The maximum atomic E-state index is 11.1. The van der Waals surface area contributed by atoms with Gasteiger partial charge in [0.2, 0.25) is 0 Å². The molecule has 0 bridgehead atoms. The number of carbonyl (C=O) groups is 1. The van der Waals surface area contributed by atoms with E-state index in [0.717, 1.165) is 37.7 Å². The molecule has 4 aliphatic rings. The number of hydrogen-bond donors (Lipinski definition) is 2. The van der Waals surface area contributed by atoms with Crippen LogP contribution in [0.2, 0.25) is 0 Å². The van der Waals surface area contributed by atoms with Crippen LogP contribution >= 0.6 is 0 Å². The van der Waals surface area contributed by atoms with Crippen LogP contribution in [0.4, 0.5) is 0 Å². The predicted molar refractivity (Wildman–Crippen MR) is 88.7 cm³/mol. The van der Waals surface area contributed by atoms with Gasteiger partial charge in [0.1, 0.15) is 0 Å². The number of rotatable bonds is 2. The Kier molecular flexibility index (Phi) is 3.53. The number of allylic oxidation sites excluding steroid dienone is 5. The summed E-state index contributed by atoms with van der Waals surface area (Å²) in [5.74, 6) is 1.35. The van der Waals surface area contributed by atoms with Crippen molar-refractivity contribution in [3.8, 4) is 0 Å². The quantitative estimate of drug-likeness (QED) is 0.764. The highest BCUT2D eigenvalue weighted by Gasteiger charge is 2.54. The van der Waals surface area contributed by atoms with E-state index in [9.17, 15) is 9.90 Å². The van der Waals surface area contributed by atoms with Crippen LogP contribution in [0, 0.1) is 29.1 Å². The Balaban J connectivity index is 1.69. The fourth-order valence-corrected chi connectivity index (χ4v) is 5.88. The Morgan fingerprint density at radius 1 is 1.30 bits per heavy atom. The second-order valence-electron chi connectivity index (χ2n) is 8.13. The van der Waals surface area contributed by atoms with Crippen molar-refractivity contribution in [1.82, 2.24) is 0 Å². The lowest BCUT2D eigenvalue weighted by atomic mass is 9.54. The number of aliphatic hydroxyl groups is 1. The second-order valence-corrected chi connectivity index (χ2v) is 8.13. The largest absolute Gasteiger partial charge is 0.481 e. The van der Waals surface area contributed by atoms with Crippen molar-refractivity contribution in [2.75, 3.05) is 0 Å². The topological polar surface area (TPSA) is 57.5 Å². The first-order valence-corrected chi connectivity index (χ1v) is 8.97. The van der Waals surface area contributed by atoms with E-state index in [4.69, 9.17) is 5.11 Å². The minimum atomic E-state index is -0.729. The predicted octanol–water partition coefficient (Wildman–Crippen LogP) is 3.71. The monoisotopic (exact) mass is 314 g/mol. The summed E-state index contributed by atoms with van der Waals surface area (Å²) in [6, 6.07) is 0. The molecular formula is C20H26O3. The molecule has 0 amide bonds. The van der Waals surface area contributed by atoms with E-state index in [1.54, 1.807) is 0 Å². The first-order valence-electron chi connectivity index (χ1n) is 8.97. The summed E-state index contributed by atoms with van der Waals surface area (Å²) in [5.41, 5.74) is 2.42. The maximum absolute atomic E-state index is 11.1. The van der Waals surface area contributed by atoms with Crippen LogP contribution in [-0.2, 0) is 4.79 Å². The Bertz CT molecular complexity index is 614. The molecule has 6 atom stereocenters. The van der Waals surface area contributed by atoms with Gasteiger partial charge >= 0.3 is 5.97 Å². The number of hydrogen-bond acceptors (Lipinski definition) is 2. The minimum Gasteiger partial charge on any atom is -0.481 e. The molecule has 0 aliphatic heterocycles. The molecule has 0 aromatic rings. The second kappa shape index (κ2) is 5.34. The van der Waals surface area contributed by atoms with E-state index in [1.165, 1.54) is 5.57 Å². The van der Waals surface area contributed by atoms with Crippen molar-refractivity contribution in [3.05, 3.63) is 35.5 Å². The summed E-state index contributed by atoms with van der Waals surface area (Å²) in [6.07, 6.45) is 14.1. The first-order chi connectivity index (χ1) is 11.0. The zero-order valence-corrected chi connectivity index (χ0v) is 13.7. The normalized spacial score (nSPS) is 44.7. The number of aliphatic hydroxyl groups excluding tert-OH is 1. The lowest BCUT2D eigenvalue weighted by Crippen LogP contribution is -2.45.